The Hall–Kier alpha value is -1.76. The third kappa shape index (κ3) is 5.63. The Kier molecular flexibility index (Phi) is 6.55. The summed E-state index contributed by atoms with van der Waals surface area (Å²) in [5.74, 6) is 1.32. The number of nitrogens with one attached hydrogen (secondary N) is 3. The van der Waals surface area contributed by atoms with Crippen LogP contribution in [0.2, 0.25) is 0 Å². The van der Waals surface area contributed by atoms with E-state index in [-0.39, 0.29) is 11.8 Å². The van der Waals surface area contributed by atoms with Gasteiger partial charge in [-0.3, -0.25) is 9.79 Å². The molecule has 1 saturated carbocycles. The summed E-state index contributed by atoms with van der Waals surface area (Å²) in [4.78, 5) is 18.7. The second-order valence-corrected chi connectivity index (χ2v) is 7.61. The Bertz CT molecular complexity index is 562. The van der Waals surface area contributed by atoms with Crippen LogP contribution in [0.3, 0.4) is 0 Å². The van der Waals surface area contributed by atoms with E-state index in [2.05, 4.69) is 50.3 Å². The fourth-order valence-corrected chi connectivity index (χ4v) is 3.83. The molecule has 2 heterocycles. The van der Waals surface area contributed by atoms with Crippen molar-refractivity contribution in [3.8, 4) is 0 Å². The van der Waals surface area contributed by atoms with Crippen molar-refractivity contribution in [1.82, 2.24) is 16.0 Å². The quantitative estimate of drug-likeness (QED) is 0.393. The molecule has 0 radical (unpaired) electrons. The fraction of sp³-hybridized carbons (Fsp3) is 0.667. The first kappa shape index (κ1) is 18.0. The van der Waals surface area contributed by atoms with Crippen LogP contribution in [0.4, 0.5) is 5.00 Å². The summed E-state index contributed by atoms with van der Waals surface area (Å²) in [6, 6.07) is 4.76. The smallest absolute Gasteiger partial charge is 0.223 e. The molecule has 2 fully saturated rings. The molecule has 1 aliphatic carbocycles. The lowest BCUT2D eigenvalue weighted by molar-refractivity contribution is -0.122. The van der Waals surface area contributed by atoms with Gasteiger partial charge in [0.25, 0.3) is 0 Å². The molecule has 0 atom stereocenters. The number of piperidine rings is 1. The molecule has 1 aromatic rings. The molecular weight excluding hydrogens is 334 g/mol. The highest BCUT2D eigenvalue weighted by Gasteiger charge is 2.29. The van der Waals surface area contributed by atoms with Crippen LogP contribution in [-0.4, -0.2) is 50.6 Å². The highest BCUT2D eigenvalue weighted by molar-refractivity contribution is 7.14. The number of hydrogen-bond acceptors (Lipinski definition) is 4. The van der Waals surface area contributed by atoms with E-state index in [9.17, 15) is 4.79 Å². The van der Waals surface area contributed by atoms with Gasteiger partial charge in [0.1, 0.15) is 0 Å². The lowest BCUT2D eigenvalue weighted by Crippen LogP contribution is -2.48. The molecule has 0 spiro atoms. The van der Waals surface area contributed by atoms with Crippen LogP contribution in [0.5, 0.6) is 0 Å². The van der Waals surface area contributed by atoms with Crippen LogP contribution in [0.15, 0.2) is 22.5 Å². The Morgan fingerprint density at radius 1 is 1.28 bits per heavy atom. The summed E-state index contributed by atoms with van der Waals surface area (Å²) in [7, 11) is 0. The molecule has 0 bridgehead atoms. The molecule has 1 aromatic heterocycles. The van der Waals surface area contributed by atoms with Crippen molar-refractivity contribution in [2.75, 3.05) is 37.6 Å². The van der Waals surface area contributed by atoms with E-state index in [0.29, 0.717) is 19.1 Å². The third-order valence-electron chi connectivity index (χ3n) is 4.63. The zero-order chi connectivity index (χ0) is 17.5. The average Bonchev–Trinajstić information content (AvgIpc) is 3.34. The van der Waals surface area contributed by atoms with E-state index in [4.69, 9.17) is 0 Å². The van der Waals surface area contributed by atoms with Crippen molar-refractivity contribution in [3.63, 3.8) is 0 Å². The minimum atomic E-state index is 0.189. The summed E-state index contributed by atoms with van der Waals surface area (Å²) < 4.78 is 0. The molecule has 3 N–H and O–H groups in total. The number of nitrogens with zero attached hydrogens (tertiary/aromatic N) is 2. The van der Waals surface area contributed by atoms with Gasteiger partial charge in [-0.05, 0) is 50.1 Å². The average molecular weight is 364 g/mol. The molecule has 1 amide bonds. The van der Waals surface area contributed by atoms with Gasteiger partial charge >= 0.3 is 0 Å². The number of carbonyl (C=O) groups excluding carboxylic acids is 1. The SMILES string of the molecule is CCNC(=NCCNC(=O)C1CC1)NC1CCN(c2cccs2)CC1. The van der Waals surface area contributed by atoms with Gasteiger partial charge in [0.15, 0.2) is 5.96 Å². The first-order valence-corrected chi connectivity index (χ1v) is 10.2. The maximum atomic E-state index is 11.6. The van der Waals surface area contributed by atoms with Gasteiger partial charge in [-0.25, -0.2) is 0 Å². The molecule has 0 unspecified atom stereocenters. The van der Waals surface area contributed by atoms with Crippen LogP contribution < -0.4 is 20.9 Å². The van der Waals surface area contributed by atoms with Gasteiger partial charge in [-0.2, -0.15) is 0 Å². The molecule has 6 nitrogen and oxygen atoms in total. The van der Waals surface area contributed by atoms with E-state index in [1.54, 1.807) is 0 Å². The van der Waals surface area contributed by atoms with Crippen molar-refractivity contribution >= 4 is 28.2 Å². The molecule has 7 heteroatoms. The lowest BCUT2D eigenvalue weighted by Gasteiger charge is -2.33. The Labute approximate surface area is 154 Å². The van der Waals surface area contributed by atoms with Crippen molar-refractivity contribution in [3.05, 3.63) is 17.5 Å². The number of thiophene rings is 1. The normalized spacial score (nSPS) is 18.9. The topological polar surface area (TPSA) is 68.8 Å². The van der Waals surface area contributed by atoms with Crippen molar-refractivity contribution in [2.45, 2.75) is 38.6 Å². The van der Waals surface area contributed by atoms with Crippen molar-refractivity contribution < 1.29 is 4.79 Å². The Morgan fingerprint density at radius 3 is 2.72 bits per heavy atom. The van der Waals surface area contributed by atoms with Crippen molar-refractivity contribution in [2.24, 2.45) is 10.9 Å². The standard InChI is InChI=1S/C18H29N5OS/c1-2-19-18(21-10-9-20-17(24)14-5-6-14)22-15-7-11-23(12-8-15)16-4-3-13-25-16/h3-4,13-15H,2,5-12H2,1H3,(H,20,24)(H2,19,21,22). The van der Waals surface area contributed by atoms with E-state index >= 15 is 0 Å². The zero-order valence-corrected chi connectivity index (χ0v) is 15.8. The molecule has 1 saturated heterocycles. The number of aliphatic imine (C=N–C) groups is 1. The van der Waals surface area contributed by atoms with E-state index in [1.165, 1.54) is 5.00 Å². The fourth-order valence-electron chi connectivity index (χ4n) is 3.04. The number of guanidine groups is 1. The van der Waals surface area contributed by atoms with Gasteiger partial charge in [-0.15, -0.1) is 11.3 Å². The Morgan fingerprint density at radius 2 is 2.08 bits per heavy atom. The highest BCUT2D eigenvalue weighted by atomic mass is 32.1. The second kappa shape index (κ2) is 9.08. The predicted octanol–water partition coefficient (Wildman–Crippen LogP) is 1.80. The van der Waals surface area contributed by atoms with Crippen LogP contribution in [0.25, 0.3) is 0 Å². The first-order chi connectivity index (χ1) is 12.3. The van der Waals surface area contributed by atoms with Crippen LogP contribution in [-0.2, 0) is 4.79 Å². The summed E-state index contributed by atoms with van der Waals surface area (Å²) in [6.07, 6.45) is 4.31. The van der Waals surface area contributed by atoms with E-state index < -0.39 is 0 Å². The van der Waals surface area contributed by atoms with E-state index in [1.807, 2.05) is 11.3 Å². The van der Waals surface area contributed by atoms with Crippen molar-refractivity contribution in [1.29, 1.82) is 0 Å². The van der Waals surface area contributed by atoms with E-state index in [0.717, 1.165) is 51.3 Å². The minimum Gasteiger partial charge on any atom is -0.363 e. The zero-order valence-electron chi connectivity index (χ0n) is 15.0. The third-order valence-corrected chi connectivity index (χ3v) is 5.56. The maximum Gasteiger partial charge on any atom is 0.223 e. The molecule has 0 aromatic carbocycles. The predicted molar refractivity (Wildman–Crippen MR) is 104 cm³/mol. The number of amides is 1. The number of rotatable bonds is 7. The van der Waals surface area contributed by atoms with Gasteiger partial charge < -0.3 is 20.9 Å². The van der Waals surface area contributed by atoms with Crippen LogP contribution in [0.1, 0.15) is 32.6 Å². The molecule has 2 aliphatic rings. The van der Waals surface area contributed by atoms with Gasteiger partial charge in [0.2, 0.25) is 5.91 Å². The molecule has 3 rings (SSSR count). The largest absolute Gasteiger partial charge is 0.363 e. The first-order valence-electron chi connectivity index (χ1n) is 9.37. The molecule has 25 heavy (non-hydrogen) atoms. The van der Waals surface area contributed by atoms with Crippen LogP contribution in [0, 0.1) is 5.92 Å². The number of carbonyl (C=O) groups is 1. The summed E-state index contributed by atoms with van der Waals surface area (Å²) in [5, 5.41) is 13.3. The van der Waals surface area contributed by atoms with Gasteiger partial charge in [0, 0.05) is 38.1 Å². The molecule has 1 aliphatic heterocycles. The summed E-state index contributed by atoms with van der Waals surface area (Å²) >= 11 is 1.81. The Balaban J connectivity index is 1.40. The van der Waals surface area contributed by atoms with Gasteiger partial charge in [0.05, 0.1) is 11.5 Å². The summed E-state index contributed by atoms with van der Waals surface area (Å²) in [6.45, 7) is 6.30. The molecular formula is C18H29N5OS. The molecule has 138 valence electrons. The van der Waals surface area contributed by atoms with Gasteiger partial charge in [-0.1, -0.05) is 0 Å². The minimum absolute atomic E-state index is 0.189. The highest BCUT2D eigenvalue weighted by Crippen LogP contribution is 2.28. The lowest BCUT2D eigenvalue weighted by atomic mass is 10.1. The summed E-state index contributed by atoms with van der Waals surface area (Å²) in [5.41, 5.74) is 0. The monoisotopic (exact) mass is 363 g/mol. The second-order valence-electron chi connectivity index (χ2n) is 6.68. The van der Waals surface area contributed by atoms with Crippen LogP contribution >= 0.6 is 11.3 Å². The number of anilines is 1. The number of hydrogen-bond donors (Lipinski definition) is 3. The maximum absolute atomic E-state index is 11.6.